The van der Waals surface area contributed by atoms with Gasteiger partial charge in [0.1, 0.15) is 17.2 Å². The first-order chi connectivity index (χ1) is 12.2. The Morgan fingerprint density at radius 2 is 1.52 bits per heavy atom. The molecule has 25 heavy (non-hydrogen) atoms. The average Bonchev–Trinajstić information content (AvgIpc) is 2.62. The highest BCUT2D eigenvalue weighted by Crippen LogP contribution is 2.23. The zero-order valence-electron chi connectivity index (χ0n) is 13.9. The molecule has 0 saturated heterocycles. The van der Waals surface area contributed by atoms with Crippen molar-refractivity contribution in [2.24, 2.45) is 0 Å². The van der Waals surface area contributed by atoms with Gasteiger partial charge in [0.05, 0.1) is 0 Å². The van der Waals surface area contributed by atoms with E-state index < -0.39 is 0 Å². The molecule has 0 saturated carbocycles. The number of anilines is 1. The van der Waals surface area contributed by atoms with Gasteiger partial charge in [0.2, 0.25) is 0 Å². The number of carbonyl (C=O) groups excluding carboxylic acids is 1. The van der Waals surface area contributed by atoms with Gasteiger partial charge in [-0.1, -0.05) is 30.3 Å². The zero-order valence-corrected chi connectivity index (χ0v) is 13.9. The first-order valence-corrected chi connectivity index (χ1v) is 8.01. The lowest BCUT2D eigenvalue weighted by Crippen LogP contribution is -2.20. The van der Waals surface area contributed by atoms with Crippen molar-refractivity contribution < 1.29 is 14.3 Å². The van der Waals surface area contributed by atoms with Gasteiger partial charge in [-0.3, -0.25) is 4.79 Å². The van der Waals surface area contributed by atoms with Crippen LogP contribution in [0.5, 0.6) is 17.2 Å². The third-order valence-electron chi connectivity index (χ3n) is 3.47. The van der Waals surface area contributed by atoms with Crippen molar-refractivity contribution in [1.82, 2.24) is 0 Å². The van der Waals surface area contributed by atoms with Crippen LogP contribution in [-0.4, -0.2) is 12.5 Å². The summed E-state index contributed by atoms with van der Waals surface area (Å²) in [7, 11) is 0. The Morgan fingerprint density at radius 1 is 0.840 bits per heavy atom. The number of hydrogen-bond acceptors (Lipinski definition) is 3. The van der Waals surface area contributed by atoms with Gasteiger partial charge in [-0.15, -0.1) is 0 Å². The van der Waals surface area contributed by atoms with Crippen molar-refractivity contribution in [3.05, 3.63) is 84.4 Å². The smallest absolute Gasteiger partial charge is 0.262 e. The van der Waals surface area contributed by atoms with Gasteiger partial charge in [0, 0.05) is 5.69 Å². The van der Waals surface area contributed by atoms with Crippen molar-refractivity contribution in [2.45, 2.75) is 6.92 Å². The quantitative estimate of drug-likeness (QED) is 0.704. The predicted molar refractivity (Wildman–Crippen MR) is 98.3 cm³/mol. The molecule has 0 heterocycles. The van der Waals surface area contributed by atoms with Gasteiger partial charge >= 0.3 is 0 Å². The van der Waals surface area contributed by atoms with E-state index in [0.717, 1.165) is 17.0 Å². The number of ether oxygens (including phenoxy) is 2. The van der Waals surface area contributed by atoms with Crippen molar-refractivity contribution >= 4 is 11.6 Å². The third kappa shape index (κ3) is 5.11. The van der Waals surface area contributed by atoms with Gasteiger partial charge in [0.25, 0.3) is 5.91 Å². The van der Waals surface area contributed by atoms with E-state index in [9.17, 15) is 4.79 Å². The van der Waals surface area contributed by atoms with Crippen LogP contribution < -0.4 is 14.8 Å². The zero-order chi connectivity index (χ0) is 17.5. The minimum atomic E-state index is -0.199. The second-order valence-electron chi connectivity index (χ2n) is 5.59. The molecule has 1 amide bonds. The number of rotatable bonds is 6. The van der Waals surface area contributed by atoms with Crippen molar-refractivity contribution in [2.75, 3.05) is 11.9 Å². The van der Waals surface area contributed by atoms with Crippen LogP contribution in [0.3, 0.4) is 0 Å². The first kappa shape index (κ1) is 16.6. The maximum atomic E-state index is 11.9. The Bertz CT molecular complexity index is 829. The molecule has 0 aromatic heterocycles. The normalized spacial score (nSPS) is 10.1. The lowest BCUT2D eigenvalue weighted by Gasteiger charge is -2.09. The Labute approximate surface area is 147 Å². The monoisotopic (exact) mass is 333 g/mol. The SMILES string of the molecule is Cc1cccc(NC(=O)COc2ccc(Oc3ccccc3)cc2)c1. The number of nitrogens with one attached hydrogen (secondary N) is 1. The van der Waals surface area contributed by atoms with Crippen LogP contribution in [0.25, 0.3) is 0 Å². The molecule has 0 spiro atoms. The standard InChI is InChI=1S/C21H19NO3/c1-16-6-5-7-17(14-16)22-21(23)15-24-18-10-12-20(13-11-18)25-19-8-3-2-4-9-19/h2-14H,15H2,1H3,(H,22,23). The summed E-state index contributed by atoms with van der Waals surface area (Å²) in [6.45, 7) is 1.93. The molecule has 4 nitrogen and oxygen atoms in total. The lowest BCUT2D eigenvalue weighted by atomic mass is 10.2. The predicted octanol–water partition coefficient (Wildman–Crippen LogP) is 4.80. The summed E-state index contributed by atoms with van der Waals surface area (Å²) in [4.78, 5) is 11.9. The van der Waals surface area contributed by atoms with Crippen LogP contribution in [0.15, 0.2) is 78.9 Å². The van der Waals surface area contributed by atoms with E-state index in [1.165, 1.54) is 0 Å². The fourth-order valence-electron chi connectivity index (χ4n) is 2.30. The number of carbonyl (C=O) groups is 1. The van der Waals surface area contributed by atoms with E-state index in [-0.39, 0.29) is 12.5 Å². The van der Waals surface area contributed by atoms with Crippen LogP contribution in [0.2, 0.25) is 0 Å². The van der Waals surface area contributed by atoms with E-state index in [0.29, 0.717) is 11.5 Å². The van der Waals surface area contributed by atoms with Gasteiger partial charge in [-0.05, 0) is 61.0 Å². The van der Waals surface area contributed by atoms with E-state index in [1.54, 1.807) is 24.3 Å². The molecule has 1 N–H and O–H groups in total. The third-order valence-corrected chi connectivity index (χ3v) is 3.47. The molecular formula is C21H19NO3. The van der Waals surface area contributed by atoms with Gasteiger partial charge in [-0.25, -0.2) is 0 Å². The molecule has 0 radical (unpaired) electrons. The lowest BCUT2D eigenvalue weighted by molar-refractivity contribution is -0.118. The van der Waals surface area contributed by atoms with Gasteiger partial charge in [0.15, 0.2) is 6.61 Å². The number of para-hydroxylation sites is 1. The number of aryl methyl sites for hydroxylation is 1. The molecule has 0 aliphatic heterocycles. The first-order valence-electron chi connectivity index (χ1n) is 8.01. The van der Waals surface area contributed by atoms with Crippen LogP contribution in [0.1, 0.15) is 5.56 Å². The highest BCUT2D eigenvalue weighted by atomic mass is 16.5. The van der Waals surface area contributed by atoms with Crippen molar-refractivity contribution in [3.8, 4) is 17.2 Å². The van der Waals surface area contributed by atoms with E-state index in [1.807, 2.05) is 61.5 Å². The molecular weight excluding hydrogens is 314 g/mol. The van der Waals surface area contributed by atoms with E-state index >= 15 is 0 Å². The number of benzene rings is 3. The number of amides is 1. The summed E-state index contributed by atoms with van der Waals surface area (Å²) in [5, 5.41) is 2.81. The molecule has 3 aromatic carbocycles. The second kappa shape index (κ2) is 8.02. The van der Waals surface area contributed by atoms with Crippen molar-refractivity contribution in [1.29, 1.82) is 0 Å². The average molecular weight is 333 g/mol. The Morgan fingerprint density at radius 3 is 2.24 bits per heavy atom. The topological polar surface area (TPSA) is 47.6 Å². The molecule has 0 aliphatic rings. The Hall–Kier alpha value is -3.27. The summed E-state index contributed by atoms with van der Waals surface area (Å²) in [5.41, 5.74) is 1.85. The van der Waals surface area contributed by atoms with Crippen LogP contribution in [-0.2, 0) is 4.79 Å². The largest absolute Gasteiger partial charge is 0.484 e. The Kier molecular flexibility index (Phi) is 5.32. The molecule has 0 atom stereocenters. The molecule has 126 valence electrons. The van der Waals surface area contributed by atoms with Crippen LogP contribution in [0, 0.1) is 6.92 Å². The molecule has 3 rings (SSSR count). The van der Waals surface area contributed by atoms with Crippen molar-refractivity contribution in [3.63, 3.8) is 0 Å². The summed E-state index contributed by atoms with van der Waals surface area (Å²) < 4.78 is 11.2. The summed E-state index contributed by atoms with van der Waals surface area (Å²) >= 11 is 0. The van der Waals surface area contributed by atoms with Gasteiger partial charge in [-0.2, -0.15) is 0 Å². The highest BCUT2D eigenvalue weighted by molar-refractivity contribution is 5.91. The fraction of sp³-hybridized carbons (Fsp3) is 0.0952. The molecule has 0 unspecified atom stereocenters. The maximum absolute atomic E-state index is 11.9. The van der Waals surface area contributed by atoms with Gasteiger partial charge < -0.3 is 14.8 Å². The molecule has 4 heteroatoms. The molecule has 0 bridgehead atoms. The molecule has 0 aliphatic carbocycles. The van der Waals surface area contributed by atoms with Crippen LogP contribution >= 0.6 is 0 Å². The minimum Gasteiger partial charge on any atom is -0.484 e. The van der Waals surface area contributed by atoms with E-state index in [4.69, 9.17) is 9.47 Å². The minimum absolute atomic E-state index is 0.0488. The second-order valence-corrected chi connectivity index (χ2v) is 5.59. The number of hydrogen-bond donors (Lipinski definition) is 1. The highest BCUT2D eigenvalue weighted by Gasteiger charge is 2.04. The maximum Gasteiger partial charge on any atom is 0.262 e. The summed E-state index contributed by atoms with van der Waals surface area (Å²) in [6, 6.07) is 24.3. The molecule has 0 fully saturated rings. The summed E-state index contributed by atoms with van der Waals surface area (Å²) in [5.74, 6) is 1.89. The van der Waals surface area contributed by atoms with E-state index in [2.05, 4.69) is 5.32 Å². The summed E-state index contributed by atoms with van der Waals surface area (Å²) in [6.07, 6.45) is 0. The Balaban J connectivity index is 1.50. The van der Waals surface area contributed by atoms with Crippen LogP contribution in [0.4, 0.5) is 5.69 Å². The molecule has 3 aromatic rings. The fourth-order valence-corrected chi connectivity index (χ4v) is 2.30.